The van der Waals surface area contributed by atoms with E-state index in [-0.39, 0.29) is 13.1 Å². The number of hydrogen-bond donors (Lipinski definition) is 1. The first kappa shape index (κ1) is 46.7. The number of imidazole rings is 2. The molecule has 0 bridgehead atoms. The van der Waals surface area contributed by atoms with E-state index in [9.17, 15) is 9.90 Å². The summed E-state index contributed by atoms with van der Waals surface area (Å²) in [5.74, 6) is -0.362. The summed E-state index contributed by atoms with van der Waals surface area (Å²) in [6.07, 6.45) is 5.98. The van der Waals surface area contributed by atoms with Crippen LogP contribution < -0.4 is 4.74 Å². The molecular weight excluding hydrogens is 984 g/mol. The van der Waals surface area contributed by atoms with Crippen molar-refractivity contribution in [2.24, 2.45) is 0 Å². The maximum atomic E-state index is 15.6. The molecule has 1 unspecified atom stereocenters. The lowest BCUT2D eigenvalue weighted by atomic mass is 10.0. The van der Waals surface area contributed by atoms with Gasteiger partial charge in [0.1, 0.15) is 23.9 Å². The normalized spacial score (nSPS) is 12.5. The van der Waals surface area contributed by atoms with E-state index in [0.29, 0.717) is 66.4 Å². The number of hydrogen-bond acceptors (Lipinski definition) is 5. The Kier molecular flexibility index (Phi) is 12.7. The van der Waals surface area contributed by atoms with E-state index in [0.717, 1.165) is 61.2 Å². The molecule has 2 aromatic heterocycles. The number of benzene rings is 7. The van der Waals surface area contributed by atoms with Crippen molar-refractivity contribution in [1.29, 1.82) is 0 Å². The summed E-state index contributed by atoms with van der Waals surface area (Å²) in [5.41, 5.74) is 12.9. The van der Waals surface area contributed by atoms with Crippen molar-refractivity contribution < 1.29 is 19.4 Å². The van der Waals surface area contributed by atoms with Crippen LogP contribution in [0, 0.1) is 0 Å². The number of rotatable bonds is 13. The minimum atomic E-state index is -1.61. The topological polar surface area (TPSA) is 102 Å². The predicted octanol–water partition coefficient (Wildman–Crippen LogP) is 14.5. The molecular formula is C59H41Cl4N5O4. The van der Waals surface area contributed by atoms with E-state index in [1.165, 1.54) is 4.90 Å². The fraction of sp³-hybridized carbons (Fsp3) is 0.0847. The first-order valence-corrected chi connectivity index (χ1v) is 24.6. The van der Waals surface area contributed by atoms with E-state index >= 15 is 4.79 Å². The van der Waals surface area contributed by atoms with Gasteiger partial charge in [-0.3, -0.25) is 9.36 Å². The number of methoxy groups -OCH3 is 1. The average molecular weight is 1030 g/mol. The van der Waals surface area contributed by atoms with Crippen molar-refractivity contribution in [3.05, 3.63) is 230 Å². The Morgan fingerprint density at radius 1 is 0.583 bits per heavy atom. The number of ether oxygens (including phenoxy) is 1. The Balaban J connectivity index is 1.07. The number of carbonyl (C=O) groups is 2. The molecule has 2 heterocycles. The fourth-order valence-corrected chi connectivity index (χ4v) is 10.8. The zero-order valence-electron chi connectivity index (χ0n) is 38.4. The van der Waals surface area contributed by atoms with Crippen LogP contribution in [0.3, 0.4) is 0 Å². The van der Waals surface area contributed by atoms with Crippen LogP contribution in [0.1, 0.15) is 45.6 Å². The van der Waals surface area contributed by atoms with Gasteiger partial charge in [0.2, 0.25) is 12.1 Å². The van der Waals surface area contributed by atoms with Crippen molar-refractivity contribution in [2.75, 3.05) is 13.7 Å². The van der Waals surface area contributed by atoms with Gasteiger partial charge in [-0.25, -0.2) is 14.8 Å². The van der Waals surface area contributed by atoms with Gasteiger partial charge < -0.3 is 19.3 Å². The molecule has 11 rings (SSSR count). The predicted molar refractivity (Wildman–Crippen MR) is 288 cm³/mol. The van der Waals surface area contributed by atoms with Gasteiger partial charge in [0.05, 0.1) is 28.5 Å². The summed E-state index contributed by atoms with van der Waals surface area (Å²) in [6.45, 7) is -0.296. The number of carboxylic acids is 1. The summed E-state index contributed by atoms with van der Waals surface area (Å²) >= 11 is 26.4. The lowest BCUT2D eigenvalue weighted by Gasteiger charge is -2.31. The Hall–Kier alpha value is -7.66. The number of carbonyl (C=O) groups excluding carboxylic acids is 1. The van der Waals surface area contributed by atoms with E-state index in [4.69, 9.17) is 61.1 Å². The smallest absolute Gasteiger partial charge is 0.348 e. The molecule has 0 saturated carbocycles. The Morgan fingerprint density at radius 2 is 1.03 bits per heavy atom. The highest BCUT2D eigenvalue weighted by Crippen LogP contribution is 2.47. The molecule has 72 heavy (non-hydrogen) atoms. The summed E-state index contributed by atoms with van der Waals surface area (Å²) in [4.78, 5) is 41.5. The molecule has 0 aliphatic heterocycles. The third kappa shape index (κ3) is 8.79. The maximum absolute atomic E-state index is 15.6. The first-order valence-electron chi connectivity index (χ1n) is 23.1. The molecule has 0 saturated heterocycles. The number of amides is 1. The van der Waals surface area contributed by atoms with Gasteiger partial charge in [-0.15, -0.1) is 0 Å². The molecule has 7 aromatic carbocycles. The molecule has 1 atom stereocenters. The highest BCUT2D eigenvalue weighted by Gasteiger charge is 2.35. The molecule has 9 nitrogen and oxygen atoms in total. The molecule has 2 aliphatic carbocycles. The van der Waals surface area contributed by atoms with E-state index < -0.39 is 18.0 Å². The van der Waals surface area contributed by atoms with Gasteiger partial charge in [0.15, 0.2) is 0 Å². The van der Waals surface area contributed by atoms with E-state index in [1.54, 1.807) is 65.0 Å². The van der Waals surface area contributed by atoms with Crippen molar-refractivity contribution in [2.45, 2.75) is 19.1 Å². The first-order chi connectivity index (χ1) is 35.0. The zero-order chi connectivity index (χ0) is 49.6. The van der Waals surface area contributed by atoms with Gasteiger partial charge in [-0.05, 0) is 128 Å². The SMILES string of the molecule is COc1ccc(CCN(C(=O)Cn2cc(-c3ccc(Cl)cc3Cl)nc2C=C2c3ccccc3-c3ccccc32)C(C(=O)O)n2cc(-c3ccc(Cl)cc3Cl)nc2C=C2c3ccccc3-c3ccccc32)cc1. The van der Waals surface area contributed by atoms with Gasteiger partial charge >= 0.3 is 5.97 Å². The fourth-order valence-electron chi connectivity index (χ4n) is 9.77. The maximum Gasteiger partial charge on any atom is 0.348 e. The third-order valence-corrected chi connectivity index (χ3v) is 14.3. The molecule has 0 radical (unpaired) electrons. The number of halogens is 4. The number of fused-ring (bicyclic) bond motifs is 6. The van der Waals surface area contributed by atoms with Crippen LogP contribution in [-0.2, 0) is 22.6 Å². The second-order valence-electron chi connectivity index (χ2n) is 17.4. The molecule has 13 heteroatoms. The van der Waals surface area contributed by atoms with Gasteiger partial charge in [0, 0.05) is 40.1 Å². The van der Waals surface area contributed by atoms with Crippen LogP contribution in [0.25, 0.3) is 68.1 Å². The van der Waals surface area contributed by atoms with Crippen molar-refractivity contribution >= 4 is 81.6 Å². The Labute approximate surface area is 435 Å². The third-order valence-electron chi connectivity index (χ3n) is 13.2. The quantitative estimate of drug-likeness (QED) is 0.123. The zero-order valence-corrected chi connectivity index (χ0v) is 41.5. The molecule has 0 spiro atoms. The van der Waals surface area contributed by atoms with Gasteiger partial charge in [-0.2, -0.15) is 0 Å². The summed E-state index contributed by atoms with van der Waals surface area (Å²) in [6, 6.07) is 50.2. The Bertz CT molecular complexity index is 3590. The van der Waals surface area contributed by atoms with Crippen LogP contribution in [0.5, 0.6) is 5.75 Å². The molecule has 1 N–H and O–H groups in total. The average Bonchev–Trinajstić information content (AvgIpc) is 4.14. The minimum absolute atomic E-state index is 0.000756. The van der Waals surface area contributed by atoms with E-state index in [1.807, 2.05) is 97.1 Å². The monoisotopic (exact) mass is 1020 g/mol. The largest absolute Gasteiger partial charge is 0.497 e. The second kappa shape index (κ2) is 19.5. The van der Waals surface area contributed by atoms with Crippen molar-refractivity contribution in [1.82, 2.24) is 24.0 Å². The lowest BCUT2D eigenvalue weighted by molar-refractivity contribution is -0.155. The van der Waals surface area contributed by atoms with Crippen LogP contribution in [0.4, 0.5) is 0 Å². The highest BCUT2D eigenvalue weighted by atomic mass is 35.5. The minimum Gasteiger partial charge on any atom is -0.497 e. The van der Waals surface area contributed by atoms with Gasteiger partial charge in [-0.1, -0.05) is 156 Å². The van der Waals surface area contributed by atoms with Gasteiger partial charge in [0.25, 0.3) is 0 Å². The highest BCUT2D eigenvalue weighted by molar-refractivity contribution is 6.37. The molecule has 2 aliphatic rings. The van der Waals surface area contributed by atoms with Crippen LogP contribution >= 0.6 is 46.4 Å². The van der Waals surface area contributed by atoms with Crippen molar-refractivity contribution in [3.63, 3.8) is 0 Å². The number of nitrogens with zero attached hydrogens (tertiary/aromatic N) is 5. The summed E-state index contributed by atoms with van der Waals surface area (Å²) in [7, 11) is 1.59. The standard InChI is InChI=1S/C59H41Cl4N5O4/c1-72-38-22-18-35(19-23-38)26-27-67(57(69)34-66-32-53(47-24-20-36(60)28-51(47)62)64-55(66)30-49-43-14-6-2-10-39(43)40-11-3-7-15-44(40)49)58(59(70)71)68-33-54(48-25-21-37(61)29-52(48)63)65-56(68)31-50-45-16-8-4-12-41(45)42-13-5-9-17-46(42)50/h2-25,28-33,58H,26-27,34H2,1H3,(H,70,71). The molecule has 1 amide bonds. The number of aliphatic carboxylic acids is 1. The number of aromatic nitrogens is 4. The van der Waals surface area contributed by atoms with Crippen molar-refractivity contribution in [3.8, 4) is 50.5 Å². The second-order valence-corrected chi connectivity index (χ2v) is 19.1. The molecule has 9 aromatic rings. The number of carboxylic acid groups (broad SMARTS) is 1. The van der Waals surface area contributed by atoms with Crippen LogP contribution in [-0.4, -0.2) is 54.6 Å². The summed E-state index contributed by atoms with van der Waals surface area (Å²) in [5, 5.41) is 13.2. The lowest BCUT2D eigenvalue weighted by Crippen LogP contribution is -2.45. The van der Waals surface area contributed by atoms with Crippen LogP contribution in [0.15, 0.2) is 170 Å². The molecule has 354 valence electrons. The van der Waals surface area contributed by atoms with E-state index in [2.05, 4.69) is 36.4 Å². The van der Waals surface area contributed by atoms with Crippen LogP contribution in [0.2, 0.25) is 20.1 Å². The molecule has 0 fully saturated rings. The Morgan fingerprint density at radius 3 is 1.49 bits per heavy atom. The summed E-state index contributed by atoms with van der Waals surface area (Å²) < 4.78 is 8.73.